The average molecular weight is 769 g/mol. The topological polar surface area (TPSA) is 105 Å². The van der Waals surface area contributed by atoms with E-state index in [1.807, 2.05) is 41.5 Å². The number of benzene rings is 2. The molecule has 0 unspecified atom stereocenters. The predicted molar refractivity (Wildman–Crippen MR) is 183 cm³/mol. The van der Waals surface area contributed by atoms with E-state index in [4.69, 9.17) is 18.9 Å². The van der Waals surface area contributed by atoms with E-state index < -0.39 is 50.1 Å². The Morgan fingerprint density at radius 1 is 0.457 bits per heavy atom. The minimum atomic E-state index is -0.594. The molecule has 46 heavy (non-hydrogen) atoms. The van der Waals surface area contributed by atoms with Crippen molar-refractivity contribution in [3.63, 3.8) is 0 Å². The zero-order chi connectivity index (χ0) is 35.3. The Bertz CT molecular complexity index is 1250. The van der Waals surface area contributed by atoms with Crippen molar-refractivity contribution in [1.82, 2.24) is 0 Å². The Morgan fingerprint density at radius 3 is 0.804 bits per heavy atom. The summed E-state index contributed by atoms with van der Waals surface area (Å²) < 4.78 is 23.6. The van der Waals surface area contributed by atoms with Crippen LogP contribution in [-0.2, 0) is 29.8 Å². The number of rotatable bonds is 11. The van der Waals surface area contributed by atoms with E-state index in [0.29, 0.717) is 8.92 Å². The molecule has 8 nitrogen and oxygen atoms in total. The number of hydrogen-bond acceptors (Lipinski definition) is 8. The van der Waals surface area contributed by atoms with Crippen molar-refractivity contribution in [3.05, 3.63) is 57.6 Å². The minimum absolute atomic E-state index is 0.280. The van der Waals surface area contributed by atoms with Crippen LogP contribution in [0, 0.1) is 0 Å². The second-order valence-electron chi connectivity index (χ2n) is 14.3. The van der Waals surface area contributed by atoms with Crippen LogP contribution < -0.4 is 8.92 Å². The standard InChI is InChI=1S/C36H50O8Se2/c1-19(2)41-31(37)25-15-23(35(9,10)11)16-26(32(38)42-20(3)4)29(25)45-46-30-27(33(39)43-21(5)6)17-24(36(12,13)14)18-28(30)34(40)44-22(7)8/h15-22H,1-14H3. The third-order valence-electron chi connectivity index (χ3n) is 6.37. The monoisotopic (exact) mass is 770 g/mol. The van der Waals surface area contributed by atoms with Crippen molar-refractivity contribution in [3.8, 4) is 0 Å². The molecule has 0 aliphatic carbocycles. The molecule has 0 saturated heterocycles. The summed E-state index contributed by atoms with van der Waals surface area (Å²) >= 11 is -1.19. The van der Waals surface area contributed by atoms with E-state index in [9.17, 15) is 19.2 Å². The fourth-order valence-electron chi connectivity index (χ4n) is 4.10. The third-order valence-corrected chi connectivity index (χ3v) is 13.6. The normalized spacial score (nSPS) is 12.1. The maximum atomic E-state index is 13.6. The van der Waals surface area contributed by atoms with Gasteiger partial charge in [-0.3, -0.25) is 0 Å². The molecule has 2 rings (SSSR count). The molecule has 0 amide bonds. The van der Waals surface area contributed by atoms with Crippen LogP contribution in [0.15, 0.2) is 24.3 Å². The van der Waals surface area contributed by atoms with Crippen molar-refractivity contribution >= 4 is 59.1 Å². The molecule has 0 fully saturated rings. The molecule has 0 atom stereocenters. The van der Waals surface area contributed by atoms with Crippen LogP contribution in [0.1, 0.15) is 149 Å². The van der Waals surface area contributed by atoms with Crippen molar-refractivity contribution < 1.29 is 38.1 Å². The van der Waals surface area contributed by atoms with Gasteiger partial charge >= 0.3 is 287 Å². The fourth-order valence-corrected chi connectivity index (χ4v) is 12.1. The van der Waals surface area contributed by atoms with Crippen LogP contribution in [0.3, 0.4) is 0 Å². The number of carbonyl (C=O) groups is 4. The fraction of sp³-hybridized carbons (Fsp3) is 0.556. The average Bonchev–Trinajstić information content (AvgIpc) is 2.88. The molecule has 0 radical (unpaired) electrons. The Labute approximate surface area is 285 Å². The van der Waals surface area contributed by atoms with Gasteiger partial charge in [-0.25, -0.2) is 0 Å². The molecule has 0 heterocycles. The first-order valence-corrected chi connectivity index (χ1v) is 21.6. The van der Waals surface area contributed by atoms with Crippen molar-refractivity contribution in [2.45, 2.75) is 132 Å². The molecule has 0 aromatic heterocycles. The first-order valence-electron chi connectivity index (χ1n) is 15.6. The van der Waals surface area contributed by atoms with Gasteiger partial charge in [0.2, 0.25) is 0 Å². The predicted octanol–water partition coefficient (Wildman–Crippen LogP) is 5.82. The Kier molecular flexibility index (Phi) is 13.7. The van der Waals surface area contributed by atoms with E-state index in [0.717, 1.165) is 11.1 Å². The third kappa shape index (κ3) is 11.0. The number of carbonyl (C=O) groups excluding carboxylic acids is 4. The van der Waals surface area contributed by atoms with Gasteiger partial charge in [0, 0.05) is 0 Å². The number of ether oxygens (including phenoxy) is 4. The van der Waals surface area contributed by atoms with Crippen LogP contribution in [-0.4, -0.2) is 74.6 Å². The van der Waals surface area contributed by atoms with Gasteiger partial charge < -0.3 is 0 Å². The summed E-state index contributed by atoms with van der Waals surface area (Å²) in [5, 5.41) is 0. The SMILES string of the molecule is CC(C)OC(=O)c1cc(C(C)(C)C)cc(C(=O)OC(C)C)c1[Se][Se]c1c(C(=O)OC(C)C)cc(C(C)(C)C)cc1C(=O)OC(C)C. The first-order chi connectivity index (χ1) is 21.0. The summed E-state index contributed by atoms with van der Waals surface area (Å²) in [4.78, 5) is 54.4. The van der Waals surface area contributed by atoms with Gasteiger partial charge in [-0.2, -0.15) is 0 Å². The van der Waals surface area contributed by atoms with E-state index in [2.05, 4.69) is 0 Å². The zero-order valence-electron chi connectivity index (χ0n) is 29.7. The molecule has 0 bridgehead atoms. The van der Waals surface area contributed by atoms with E-state index in [1.54, 1.807) is 79.7 Å². The van der Waals surface area contributed by atoms with Gasteiger partial charge in [0.05, 0.1) is 0 Å². The van der Waals surface area contributed by atoms with E-state index in [1.165, 1.54) is 0 Å². The van der Waals surface area contributed by atoms with Crippen LogP contribution in [0.25, 0.3) is 0 Å². The second-order valence-corrected chi connectivity index (χ2v) is 20.3. The summed E-state index contributed by atoms with van der Waals surface area (Å²) in [6.07, 6.45) is -1.55. The molecule has 2 aromatic rings. The number of esters is 4. The Hall–Kier alpha value is -2.64. The zero-order valence-corrected chi connectivity index (χ0v) is 33.1. The molecule has 0 aliphatic rings. The first kappa shape index (κ1) is 39.5. The van der Waals surface area contributed by atoms with E-state index >= 15 is 0 Å². The summed E-state index contributed by atoms with van der Waals surface area (Å²) in [7, 11) is 0. The van der Waals surface area contributed by atoms with Crippen LogP contribution in [0.4, 0.5) is 0 Å². The Morgan fingerprint density at radius 2 is 0.652 bits per heavy atom. The molecule has 254 valence electrons. The molecule has 0 spiro atoms. The summed E-state index contributed by atoms with van der Waals surface area (Å²) in [6.45, 7) is 26.2. The van der Waals surface area contributed by atoms with Crippen molar-refractivity contribution in [1.29, 1.82) is 0 Å². The van der Waals surface area contributed by atoms with Gasteiger partial charge in [0.1, 0.15) is 0 Å². The molecular formula is C36H50O8Se2. The maximum absolute atomic E-state index is 13.6. The second kappa shape index (κ2) is 16.0. The van der Waals surface area contributed by atoms with Gasteiger partial charge in [-0.05, 0) is 0 Å². The molecule has 0 saturated carbocycles. The van der Waals surface area contributed by atoms with Gasteiger partial charge in [0.15, 0.2) is 0 Å². The van der Waals surface area contributed by atoms with Gasteiger partial charge in [-0.1, -0.05) is 0 Å². The summed E-state index contributed by atoms with van der Waals surface area (Å²) in [5.41, 5.74) is 1.91. The van der Waals surface area contributed by atoms with Crippen molar-refractivity contribution in [2.75, 3.05) is 0 Å². The van der Waals surface area contributed by atoms with Crippen LogP contribution >= 0.6 is 0 Å². The number of hydrogen-bond donors (Lipinski definition) is 0. The van der Waals surface area contributed by atoms with Crippen LogP contribution in [0.2, 0.25) is 0 Å². The molecule has 2 aromatic carbocycles. The molecular weight excluding hydrogens is 718 g/mol. The van der Waals surface area contributed by atoms with Gasteiger partial charge in [-0.15, -0.1) is 0 Å². The molecule has 10 heteroatoms. The Balaban J connectivity index is 2.95. The molecule has 0 aliphatic heterocycles. The van der Waals surface area contributed by atoms with Crippen molar-refractivity contribution in [2.24, 2.45) is 0 Å². The summed E-state index contributed by atoms with van der Waals surface area (Å²) in [6, 6.07) is 7.15. The quantitative estimate of drug-likeness (QED) is 0.160. The molecule has 0 N–H and O–H groups in total. The van der Waals surface area contributed by atoms with E-state index in [-0.39, 0.29) is 57.5 Å². The van der Waals surface area contributed by atoms with Gasteiger partial charge in [0.25, 0.3) is 0 Å². The summed E-state index contributed by atoms with van der Waals surface area (Å²) in [5.74, 6) is -2.19. The van der Waals surface area contributed by atoms with Crippen LogP contribution in [0.5, 0.6) is 0 Å².